The number of methoxy groups -OCH3 is 1. The van der Waals surface area contributed by atoms with Crippen molar-refractivity contribution in [3.8, 4) is 11.5 Å². The van der Waals surface area contributed by atoms with Gasteiger partial charge in [0.1, 0.15) is 11.5 Å². The second-order valence-corrected chi connectivity index (χ2v) is 6.49. The lowest BCUT2D eigenvalue weighted by Gasteiger charge is -2.08. The van der Waals surface area contributed by atoms with Gasteiger partial charge in [-0.1, -0.05) is 31.9 Å². The molecule has 2 rings (SSSR count). The van der Waals surface area contributed by atoms with Crippen LogP contribution in [0, 0.1) is 0 Å². The standard InChI is InChI=1S/C17H16Br2N2O3/c1-3-24-15-6-4-12(18)8-11(15)10-20-21-17(22)14-9-13(19)5-7-16(14)23-2/h4-10H,3H2,1-2H3,(H,21,22). The number of nitrogens with one attached hydrogen (secondary N) is 1. The smallest absolute Gasteiger partial charge is 0.275 e. The van der Waals surface area contributed by atoms with Crippen molar-refractivity contribution in [2.75, 3.05) is 13.7 Å². The molecule has 1 amide bonds. The van der Waals surface area contributed by atoms with Crippen LogP contribution in [-0.4, -0.2) is 25.8 Å². The first kappa shape index (κ1) is 18.5. The third-order valence-electron chi connectivity index (χ3n) is 3.05. The van der Waals surface area contributed by atoms with Gasteiger partial charge >= 0.3 is 0 Å². The number of hydrazone groups is 1. The monoisotopic (exact) mass is 454 g/mol. The molecule has 0 aromatic heterocycles. The van der Waals surface area contributed by atoms with E-state index in [1.165, 1.54) is 13.3 Å². The summed E-state index contributed by atoms with van der Waals surface area (Å²) in [5, 5.41) is 4.01. The van der Waals surface area contributed by atoms with Crippen molar-refractivity contribution in [2.24, 2.45) is 5.10 Å². The van der Waals surface area contributed by atoms with Crippen molar-refractivity contribution < 1.29 is 14.3 Å². The van der Waals surface area contributed by atoms with E-state index in [-0.39, 0.29) is 5.91 Å². The van der Waals surface area contributed by atoms with Crippen LogP contribution in [0.2, 0.25) is 0 Å². The fourth-order valence-electron chi connectivity index (χ4n) is 1.99. The summed E-state index contributed by atoms with van der Waals surface area (Å²) in [6.45, 7) is 2.45. The van der Waals surface area contributed by atoms with Gasteiger partial charge in [0.25, 0.3) is 5.91 Å². The molecule has 1 N–H and O–H groups in total. The minimum Gasteiger partial charge on any atom is -0.496 e. The molecule has 0 aliphatic heterocycles. The van der Waals surface area contributed by atoms with Gasteiger partial charge in [-0.3, -0.25) is 4.79 Å². The van der Waals surface area contributed by atoms with Crippen LogP contribution in [0.25, 0.3) is 0 Å². The lowest BCUT2D eigenvalue weighted by atomic mass is 10.2. The Morgan fingerprint density at radius 3 is 2.50 bits per heavy atom. The zero-order chi connectivity index (χ0) is 17.5. The molecule has 0 fully saturated rings. The largest absolute Gasteiger partial charge is 0.496 e. The van der Waals surface area contributed by atoms with Crippen LogP contribution < -0.4 is 14.9 Å². The number of carbonyl (C=O) groups excluding carboxylic acids is 1. The van der Waals surface area contributed by atoms with Crippen molar-refractivity contribution in [3.63, 3.8) is 0 Å². The van der Waals surface area contributed by atoms with Gasteiger partial charge in [-0.25, -0.2) is 5.43 Å². The molecular weight excluding hydrogens is 440 g/mol. The van der Waals surface area contributed by atoms with Crippen LogP contribution in [0.4, 0.5) is 0 Å². The summed E-state index contributed by atoms with van der Waals surface area (Å²) >= 11 is 6.74. The number of carbonyl (C=O) groups is 1. The van der Waals surface area contributed by atoms with Crippen molar-refractivity contribution in [3.05, 3.63) is 56.5 Å². The van der Waals surface area contributed by atoms with Crippen LogP contribution >= 0.6 is 31.9 Å². The first-order chi connectivity index (χ1) is 11.5. The average Bonchev–Trinajstić information content (AvgIpc) is 2.57. The first-order valence-corrected chi connectivity index (χ1v) is 8.73. The van der Waals surface area contributed by atoms with E-state index in [9.17, 15) is 4.79 Å². The number of nitrogens with zero attached hydrogens (tertiary/aromatic N) is 1. The predicted octanol–water partition coefficient (Wildman–Crippen LogP) is 4.38. The van der Waals surface area contributed by atoms with E-state index in [0.29, 0.717) is 23.7 Å². The van der Waals surface area contributed by atoms with Crippen molar-refractivity contribution in [1.29, 1.82) is 0 Å². The Labute approximate surface area is 157 Å². The summed E-state index contributed by atoms with van der Waals surface area (Å²) in [6, 6.07) is 10.8. The van der Waals surface area contributed by atoms with Gasteiger partial charge in [-0.2, -0.15) is 5.10 Å². The number of halogens is 2. The fourth-order valence-corrected chi connectivity index (χ4v) is 2.73. The summed E-state index contributed by atoms with van der Waals surface area (Å²) in [4.78, 5) is 12.3. The van der Waals surface area contributed by atoms with Crippen LogP contribution in [0.15, 0.2) is 50.4 Å². The molecule has 0 saturated carbocycles. The first-order valence-electron chi connectivity index (χ1n) is 7.14. The topological polar surface area (TPSA) is 59.9 Å². The van der Waals surface area contributed by atoms with Gasteiger partial charge in [-0.15, -0.1) is 0 Å². The third-order valence-corrected chi connectivity index (χ3v) is 4.03. The highest BCUT2D eigenvalue weighted by molar-refractivity contribution is 9.10. The van der Waals surface area contributed by atoms with E-state index in [2.05, 4.69) is 42.4 Å². The summed E-state index contributed by atoms with van der Waals surface area (Å²) < 4.78 is 12.4. The van der Waals surface area contributed by atoms with Gasteiger partial charge in [0.2, 0.25) is 0 Å². The number of hydrogen-bond acceptors (Lipinski definition) is 4. The molecule has 2 aromatic carbocycles. The molecule has 0 radical (unpaired) electrons. The Bertz CT molecular complexity index is 763. The quantitative estimate of drug-likeness (QED) is 0.519. The highest BCUT2D eigenvalue weighted by atomic mass is 79.9. The van der Waals surface area contributed by atoms with Crippen molar-refractivity contribution in [1.82, 2.24) is 5.43 Å². The second kappa shape index (κ2) is 8.84. The summed E-state index contributed by atoms with van der Waals surface area (Å²) in [5.41, 5.74) is 3.65. The van der Waals surface area contributed by atoms with E-state index in [0.717, 1.165) is 14.5 Å². The van der Waals surface area contributed by atoms with E-state index >= 15 is 0 Å². The van der Waals surface area contributed by atoms with E-state index in [1.807, 2.05) is 25.1 Å². The van der Waals surface area contributed by atoms with Crippen LogP contribution in [0.5, 0.6) is 11.5 Å². The molecule has 0 atom stereocenters. The average molecular weight is 456 g/mol. The van der Waals surface area contributed by atoms with Crippen molar-refractivity contribution in [2.45, 2.75) is 6.92 Å². The Kier molecular flexibility index (Phi) is 6.81. The van der Waals surface area contributed by atoms with E-state index in [1.54, 1.807) is 18.2 Å². The van der Waals surface area contributed by atoms with Crippen LogP contribution in [0.3, 0.4) is 0 Å². The third kappa shape index (κ3) is 4.82. The van der Waals surface area contributed by atoms with Gasteiger partial charge in [-0.05, 0) is 43.3 Å². The number of amides is 1. The molecule has 0 heterocycles. The molecule has 0 unspecified atom stereocenters. The van der Waals surface area contributed by atoms with E-state index < -0.39 is 0 Å². The number of ether oxygens (including phenoxy) is 2. The number of rotatable bonds is 6. The minimum atomic E-state index is -0.364. The molecule has 0 bridgehead atoms. The predicted molar refractivity (Wildman–Crippen MR) is 101 cm³/mol. The highest BCUT2D eigenvalue weighted by Gasteiger charge is 2.12. The van der Waals surface area contributed by atoms with Crippen LogP contribution in [0.1, 0.15) is 22.8 Å². The zero-order valence-corrected chi connectivity index (χ0v) is 16.3. The molecule has 126 valence electrons. The molecule has 2 aromatic rings. The maximum Gasteiger partial charge on any atom is 0.275 e. The molecule has 0 aliphatic carbocycles. The van der Waals surface area contributed by atoms with E-state index in [4.69, 9.17) is 9.47 Å². The Balaban J connectivity index is 2.16. The lowest BCUT2D eigenvalue weighted by Crippen LogP contribution is -2.18. The van der Waals surface area contributed by atoms with Gasteiger partial charge in [0, 0.05) is 14.5 Å². The SMILES string of the molecule is CCOc1ccc(Br)cc1C=NNC(=O)c1cc(Br)ccc1OC. The lowest BCUT2D eigenvalue weighted by molar-refractivity contribution is 0.0952. The fraction of sp³-hybridized carbons (Fsp3) is 0.176. The second-order valence-electron chi connectivity index (χ2n) is 4.66. The summed E-state index contributed by atoms with van der Waals surface area (Å²) in [7, 11) is 1.51. The molecule has 0 spiro atoms. The van der Waals surface area contributed by atoms with Gasteiger partial charge < -0.3 is 9.47 Å². The Morgan fingerprint density at radius 1 is 1.17 bits per heavy atom. The molecule has 0 saturated heterocycles. The molecule has 0 aliphatic rings. The minimum absolute atomic E-state index is 0.364. The number of benzene rings is 2. The maximum absolute atomic E-state index is 12.3. The molecular formula is C17H16Br2N2O3. The van der Waals surface area contributed by atoms with Crippen LogP contribution in [-0.2, 0) is 0 Å². The molecule has 7 heteroatoms. The number of hydrogen-bond donors (Lipinski definition) is 1. The van der Waals surface area contributed by atoms with Gasteiger partial charge in [0.05, 0.1) is 25.5 Å². The van der Waals surface area contributed by atoms with Gasteiger partial charge in [0.15, 0.2) is 0 Å². The Morgan fingerprint density at radius 2 is 1.83 bits per heavy atom. The van der Waals surface area contributed by atoms with Crippen molar-refractivity contribution >= 4 is 44.0 Å². The summed E-state index contributed by atoms with van der Waals surface area (Å²) in [6.07, 6.45) is 1.54. The highest BCUT2D eigenvalue weighted by Crippen LogP contribution is 2.23. The zero-order valence-electron chi connectivity index (χ0n) is 13.2. The molecule has 5 nitrogen and oxygen atoms in total. The molecule has 24 heavy (non-hydrogen) atoms. The Hall–Kier alpha value is -1.86. The maximum atomic E-state index is 12.3. The summed E-state index contributed by atoms with van der Waals surface area (Å²) in [5.74, 6) is 0.805. The normalized spacial score (nSPS) is 10.7.